The van der Waals surface area contributed by atoms with Gasteiger partial charge in [0.2, 0.25) is 0 Å². The molecule has 0 amide bonds. The molecule has 0 aromatic carbocycles. The summed E-state index contributed by atoms with van der Waals surface area (Å²) in [4.78, 5) is 0. The molecule has 92 valence electrons. The lowest BCUT2D eigenvalue weighted by atomic mass is 10.3. The molecule has 0 fully saturated rings. The third kappa shape index (κ3) is 4.63. The van der Waals surface area contributed by atoms with E-state index in [9.17, 15) is 13.3 Å². The second-order valence-electron chi connectivity index (χ2n) is 2.79. The van der Waals surface area contributed by atoms with Gasteiger partial charge in [0, 0.05) is 6.42 Å². The van der Waals surface area contributed by atoms with Gasteiger partial charge in [0.25, 0.3) is 0 Å². The minimum atomic E-state index is -4.29. The van der Waals surface area contributed by atoms with Crippen LogP contribution in [0.25, 0.3) is 0 Å². The standard InChI is InChI=1S/C8H16F2IO3P/c1-3-13-15(12,14-4-2)8(9,10)6-5-7-11/h3-7H2,1-2H3. The van der Waals surface area contributed by atoms with E-state index in [1.165, 1.54) is 13.8 Å². The van der Waals surface area contributed by atoms with Gasteiger partial charge in [-0.25, -0.2) is 0 Å². The van der Waals surface area contributed by atoms with Crippen LogP contribution in [0, 0.1) is 0 Å². The van der Waals surface area contributed by atoms with Crippen LogP contribution in [-0.4, -0.2) is 23.3 Å². The molecule has 0 N–H and O–H groups in total. The monoisotopic (exact) mass is 356 g/mol. The van der Waals surface area contributed by atoms with Crippen molar-refractivity contribution in [2.24, 2.45) is 0 Å². The van der Waals surface area contributed by atoms with Gasteiger partial charge in [-0.05, 0) is 24.7 Å². The topological polar surface area (TPSA) is 35.5 Å². The van der Waals surface area contributed by atoms with Crippen molar-refractivity contribution in [3.8, 4) is 0 Å². The van der Waals surface area contributed by atoms with Gasteiger partial charge >= 0.3 is 13.3 Å². The molecule has 0 aliphatic heterocycles. The Bertz CT molecular complexity index is 216. The fourth-order valence-electron chi connectivity index (χ4n) is 0.982. The zero-order valence-electron chi connectivity index (χ0n) is 8.84. The molecule has 3 nitrogen and oxygen atoms in total. The molecular weight excluding hydrogens is 340 g/mol. The summed E-state index contributed by atoms with van der Waals surface area (Å²) in [5, 5.41) is 0. The lowest BCUT2D eigenvalue weighted by Gasteiger charge is -2.25. The van der Waals surface area contributed by atoms with Gasteiger partial charge in [-0.15, -0.1) is 0 Å². The highest BCUT2D eigenvalue weighted by Crippen LogP contribution is 2.63. The van der Waals surface area contributed by atoms with Crippen LogP contribution < -0.4 is 0 Å². The van der Waals surface area contributed by atoms with E-state index in [2.05, 4.69) is 9.05 Å². The summed E-state index contributed by atoms with van der Waals surface area (Å²) in [5.74, 6) is 0. The molecule has 0 radical (unpaired) electrons. The Morgan fingerprint density at radius 3 is 2.07 bits per heavy atom. The highest BCUT2D eigenvalue weighted by molar-refractivity contribution is 14.1. The van der Waals surface area contributed by atoms with Crippen molar-refractivity contribution < 1.29 is 22.4 Å². The first-order valence-electron chi connectivity index (χ1n) is 4.76. The van der Waals surface area contributed by atoms with Crippen molar-refractivity contribution >= 4 is 30.2 Å². The van der Waals surface area contributed by atoms with E-state index in [-0.39, 0.29) is 19.6 Å². The second-order valence-corrected chi connectivity index (χ2v) is 6.04. The lowest BCUT2D eigenvalue weighted by Crippen LogP contribution is -2.20. The van der Waals surface area contributed by atoms with Crippen LogP contribution in [0.2, 0.25) is 0 Å². The molecule has 7 heteroatoms. The molecule has 15 heavy (non-hydrogen) atoms. The summed E-state index contributed by atoms with van der Waals surface area (Å²) in [7, 11) is -4.29. The van der Waals surface area contributed by atoms with E-state index < -0.39 is 19.7 Å². The van der Waals surface area contributed by atoms with E-state index in [4.69, 9.17) is 0 Å². The summed E-state index contributed by atoms with van der Waals surface area (Å²) >= 11 is 1.99. The predicted molar refractivity (Wildman–Crippen MR) is 63.9 cm³/mol. The van der Waals surface area contributed by atoms with Gasteiger partial charge in [0.05, 0.1) is 13.2 Å². The predicted octanol–water partition coefficient (Wildman–Crippen LogP) is 4.06. The number of rotatable bonds is 8. The SMILES string of the molecule is CCOP(=O)(OCC)C(F)(F)CCCI. The van der Waals surface area contributed by atoms with Crippen LogP contribution in [0.4, 0.5) is 8.78 Å². The van der Waals surface area contributed by atoms with Gasteiger partial charge < -0.3 is 9.05 Å². The largest absolute Gasteiger partial charge is 0.399 e. The molecule has 0 aliphatic rings. The Kier molecular flexibility index (Phi) is 7.49. The van der Waals surface area contributed by atoms with Gasteiger partial charge in [0.1, 0.15) is 0 Å². The quantitative estimate of drug-likeness (QED) is 0.374. The summed E-state index contributed by atoms with van der Waals surface area (Å²) in [6.45, 7) is 2.94. The maximum absolute atomic E-state index is 13.5. The molecule has 0 atom stereocenters. The van der Waals surface area contributed by atoms with E-state index in [0.717, 1.165) is 0 Å². The lowest BCUT2D eigenvalue weighted by molar-refractivity contribution is 0.0314. The molecule has 0 heterocycles. The number of hydrogen-bond donors (Lipinski definition) is 0. The molecule has 0 bridgehead atoms. The Morgan fingerprint density at radius 2 is 1.73 bits per heavy atom. The fraction of sp³-hybridized carbons (Fsp3) is 1.00. The van der Waals surface area contributed by atoms with Crippen molar-refractivity contribution in [2.75, 3.05) is 17.6 Å². The Labute approximate surface area is 103 Å². The van der Waals surface area contributed by atoms with Crippen LogP contribution in [0.1, 0.15) is 26.7 Å². The summed E-state index contributed by atoms with van der Waals surface area (Å²) in [6, 6.07) is 0. The zero-order valence-corrected chi connectivity index (χ0v) is 11.9. The molecule has 0 saturated heterocycles. The highest BCUT2D eigenvalue weighted by Gasteiger charge is 2.52. The molecule has 0 aromatic heterocycles. The maximum atomic E-state index is 13.5. The van der Waals surface area contributed by atoms with Crippen LogP contribution >= 0.6 is 30.2 Å². The van der Waals surface area contributed by atoms with Crippen LogP contribution in [0.5, 0.6) is 0 Å². The highest BCUT2D eigenvalue weighted by atomic mass is 127. The second kappa shape index (κ2) is 7.14. The maximum Gasteiger partial charge on any atom is 0.399 e. The molecule has 0 spiro atoms. The summed E-state index contributed by atoms with van der Waals surface area (Å²) in [5.41, 5.74) is -3.38. The Morgan fingerprint density at radius 1 is 1.27 bits per heavy atom. The Balaban J connectivity index is 4.64. The molecule has 0 unspecified atom stereocenters. The molecule has 0 saturated carbocycles. The summed E-state index contributed by atoms with van der Waals surface area (Å²) < 4.78 is 48.6. The van der Waals surface area contributed by atoms with Crippen molar-refractivity contribution in [2.45, 2.75) is 32.4 Å². The minimum absolute atomic E-state index is 0.0445. The van der Waals surface area contributed by atoms with Crippen molar-refractivity contribution in [3.05, 3.63) is 0 Å². The third-order valence-electron chi connectivity index (χ3n) is 1.61. The van der Waals surface area contributed by atoms with Gasteiger partial charge in [0.15, 0.2) is 0 Å². The third-order valence-corrected chi connectivity index (χ3v) is 4.59. The minimum Gasteiger partial charge on any atom is -0.305 e. The zero-order chi connectivity index (χ0) is 11.9. The Hall–Kier alpha value is 0.740. The number of alkyl halides is 3. The van der Waals surface area contributed by atoms with Crippen molar-refractivity contribution in [3.63, 3.8) is 0 Å². The van der Waals surface area contributed by atoms with Crippen LogP contribution in [0.3, 0.4) is 0 Å². The average molecular weight is 356 g/mol. The number of hydrogen-bond acceptors (Lipinski definition) is 3. The first-order valence-corrected chi connectivity index (χ1v) is 7.83. The van der Waals surface area contributed by atoms with Crippen molar-refractivity contribution in [1.29, 1.82) is 0 Å². The first kappa shape index (κ1) is 15.7. The normalized spacial score (nSPS) is 13.1. The van der Waals surface area contributed by atoms with E-state index >= 15 is 0 Å². The first-order chi connectivity index (χ1) is 6.93. The average Bonchev–Trinajstić information content (AvgIpc) is 2.15. The van der Waals surface area contributed by atoms with Crippen LogP contribution in [0.15, 0.2) is 0 Å². The smallest absolute Gasteiger partial charge is 0.305 e. The fourth-order valence-corrected chi connectivity index (χ4v) is 2.93. The molecule has 0 rings (SSSR count). The van der Waals surface area contributed by atoms with E-state index in [1.807, 2.05) is 22.6 Å². The summed E-state index contributed by atoms with van der Waals surface area (Å²) in [6.07, 6.45) is -0.176. The number of halogens is 3. The molecule has 0 aliphatic carbocycles. The molecular formula is C8H16F2IO3P. The van der Waals surface area contributed by atoms with E-state index in [1.54, 1.807) is 0 Å². The van der Waals surface area contributed by atoms with E-state index in [0.29, 0.717) is 4.43 Å². The molecule has 0 aromatic rings. The van der Waals surface area contributed by atoms with Crippen LogP contribution in [-0.2, 0) is 13.6 Å². The van der Waals surface area contributed by atoms with Gasteiger partial charge in [-0.2, -0.15) is 8.78 Å². The van der Waals surface area contributed by atoms with Gasteiger partial charge in [-0.3, -0.25) is 4.57 Å². The van der Waals surface area contributed by atoms with Crippen molar-refractivity contribution in [1.82, 2.24) is 0 Å². The van der Waals surface area contributed by atoms with Gasteiger partial charge in [-0.1, -0.05) is 22.6 Å².